The molecule has 1 rings (SSSR count). The van der Waals surface area contributed by atoms with E-state index in [1.807, 2.05) is 25.1 Å². The maximum Gasteiger partial charge on any atom is 0.240 e. The minimum atomic E-state index is 0.381. The molecule has 0 N–H and O–H groups in total. The predicted molar refractivity (Wildman–Crippen MR) is 53.0 cm³/mol. The molecule has 1 aromatic carbocycles. The van der Waals surface area contributed by atoms with Crippen molar-refractivity contribution < 1.29 is 4.79 Å². The zero-order chi connectivity index (χ0) is 9.84. The van der Waals surface area contributed by atoms with Crippen LogP contribution in [0.2, 0.25) is 0 Å². The van der Waals surface area contributed by atoms with Crippen molar-refractivity contribution in [3.63, 3.8) is 0 Å². The minimum absolute atomic E-state index is 0.381. The Labute approximate surface area is 78.3 Å². The Balaban J connectivity index is 3.33. The number of hydrogen-bond donors (Lipinski definition) is 0. The maximum absolute atomic E-state index is 10.2. The lowest BCUT2D eigenvalue weighted by Gasteiger charge is -2.09. The number of para-hydroxylation sites is 1. The molecule has 0 fully saturated rings. The van der Waals surface area contributed by atoms with E-state index in [4.69, 9.17) is 0 Å². The average Bonchev–Trinajstić information content (AvgIpc) is 2.08. The van der Waals surface area contributed by atoms with E-state index in [1.54, 1.807) is 6.08 Å². The first kappa shape index (κ1) is 9.69. The van der Waals surface area contributed by atoms with Crippen LogP contribution < -0.4 is 0 Å². The van der Waals surface area contributed by atoms with Crippen LogP contribution in [0.1, 0.15) is 30.9 Å². The van der Waals surface area contributed by atoms with Gasteiger partial charge in [0.2, 0.25) is 6.08 Å². The zero-order valence-electron chi connectivity index (χ0n) is 8.16. The van der Waals surface area contributed by atoms with Crippen molar-refractivity contribution >= 4 is 11.8 Å². The summed E-state index contributed by atoms with van der Waals surface area (Å²) in [7, 11) is 0. The van der Waals surface area contributed by atoms with E-state index in [0.29, 0.717) is 5.92 Å². The summed E-state index contributed by atoms with van der Waals surface area (Å²) >= 11 is 0. The SMILES string of the molecule is Cc1cccc(C(C)C)c1N=C=O. The Morgan fingerprint density at radius 1 is 1.38 bits per heavy atom. The first-order chi connectivity index (χ1) is 6.16. The second-order valence-electron chi connectivity index (χ2n) is 3.37. The monoisotopic (exact) mass is 175 g/mol. The Morgan fingerprint density at radius 2 is 2.08 bits per heavy atom. The molecule has 0 aliphatic rings. The first-order valence-corrected chi connectivity index (χ1v) is 4.34. The van der Waals surface area contributed by atoms with Gasteiger partial charge in [-0.2, -0.15) is 4.99 Å². The van der Waals surface area contributed by atoms with Crippen LogP contribution >= 0.6 is 0 Å². The van der Waals surface area contributed by atoms with Gasteiger partial charge >= 0.3 is 0 Å². The summed E-state index contributed by atoms with van der Waals surface area (Å²) in [6.45, 7) is 6.11. The standard InChI is InChI=1S/C11H13NO/c1-8(2)10-6-4-5-9(3)11(10)12-7-13/h4-6,8H,1-3H3. The van der Waals surface area contributed by atoms with Crippen molar-refractivity contribution in [3.05, 3.63) is 29.3 Å². The third kappa shape index (κ3) is 2.04. The van der Waals surface area contributed by atoms with E-state index in [-0.39, 0.29) is 0 Å². The van der Waals surface area contributed by atoms with Crippen molar-refractivity contribution in [1.82, 2.24) is 0 Å². The van der Waals surface area contributed by atoms with Gasteiger partial charge in [-0.25, -0.2) is 4.79 Å². The second kappa shape index (κ2) is 4.01. The van der Waals surface area contributed by atoms with E-state index in [9.17, 15) is 4.79 Å². The van der Waals surface area contributed by atoms with Gasteiger partial charge in [-0.15, -0.1) is 0 Å². The summed E-state index contributed by atoms with van der Waals surface area (Å²) in [5.41, 5.74) is 2.89. The molecule has 13 heavy (non-hydrogen) atoms. The normalized spacial score (nSPS) is 9.85. The number of benzene rings is 1. The topological polar surface area (TPSA) is 29.4 Å². The molecular formula is C11H13NO. The fourth-order valence-corrected chi connectivity index (χ4v) is 1.35. The van der Waals surface area contributed by atoms with Gasteiger partial charge in [0.15, 0.2) is 0 Å². The van der Waals surface area contributed by atoms with E-state index in [1.165, 1.54) is 0 Å². The van der Waals surface area contributed by atoms with Crippen LogP contribution in [0.4, 0.5) is 5.69 Å². The minimum Gasteiger partial charge on any atom is -0.211 e. The van der Waals surface area contributed by atoms with Gasteiger partial charge in [-0.1, -0.05) is 32.0 Å². The van der Waals surface area contributed by atoms with Crippen molar-refractivity contribution in [1.29, 1.82) is 0 Å². The molecule has 0 aliphatic carbocycles. The first-order valence-electron chi connectivity index (χ1n) is 4.34. The highest BCUT2D eigenvalue weighted by Gasteiger charge is 2.07. The summed E-state index contributed by atoms with van der Waals surface area (Å²) in [6, 6.07) is 5.92. The Bertz CT molecular complexity index is 349. The molecule has 2 nitrogen and oxygen atoms in total. The van der Waals surface area contributed by atoms with Gasteiger partial charge in [0.05, 0.1) is 5.69 Å². The lowest BCUT2D eigenvalue weighted by Crippen LogP contribution is -1.89. The van der Waals surface area contributed by atoms with E-state index >= 15 is 0 Å². The smallest absolute Gasteiger partial charge is 0.211 e. The highest BCUT2D eigenvalue weighted by molar-refractivity contribution is 5.59. The van der Waals surface area contributed by atoms with Crippen LogP contribution in [-0.4, -0.2) is 6.08 Å². The summed E-state index contributed by atoms with van der Waals surface area (Å²) < 4.78 is 0. The molecule has 0 atom stereocenters. The van der Waals surface area contributed by atoms with Crippen molar-refractivity contribution in [3.8, 4) is 0 Å². The lowest BCUT2D eigenvalue weighted by molar-refractivity contribution is 0.565. The van der Waals surface area contributed by atoms with Crippen LogP contribution in [0.25, 0.3) is 0 Å². The van der Waals surface area contributed by atoms with E-state index in [2.05, 4.69) is 18.8 Å². The molecule has 0 amide bonds. The van der Waals surface area contributed by atoms with Gasteiger partial charge in [-0.05, 0) is 24.0 Å². The summed E-state index contributed by atoms with van der Waals surface area (Å²) in [4.78, 5) is 13.9. The highest BCUT2D eigenvalue weighted by atomic mass is 16.1. The number of isocyanates is 1. The van der Waals surface area contributed by atoms with Crippen molar-refractivity contribution in [2.75, 3.05) is 0 Å². The summed E-state index contributed by atoms with van der Waals surface area (Å²) in [6.07, 6.45) is 1.60. The van der Waals surface area contributed by atoms with Crippen LogP contribution in [0.3, 0.4) is 0 Å². The van der Waals surface area contributed by atoms with Crippen molar-refractivity contribution in [2.45, 2.75) is 26.7 Å². The molecule has 0 saturated heterocycles. The Hall–Kier alpha value is -1.40. The molecular weight excluding hydrogens is 162 g/mol. The Kier molecular flexibility index (Phi) is 2.99. The highest BCUT2D eigenvalue weighted by Crippen LogP contribution is 2.29. The molecule has 1 aromatic rings. The molecule has 0 bridgehead atoms. The van der Waals surface area contributed by atoms with Gasteiger partial charge < -0.3 is 0 Å². The van der Waals surface area contributed by atoms with Gasteiger partial charge in [-0.3, -0.25) is 0 Å². The molecule has 2 heteroatoms. The number of carbonyl (C=O) groups excluding carboxylic acids is 1. The molecule has 0 aromatic heterocycles. The van der Waals surface area contributed by atoms with Crippen LogP contribution in [0.15, 0.2) is 23.2 Å². The second-order valence-corrected chi connectivity index (χ2v) is 3.37. The number of hydrogen-bond acceptors (Lipinski definition) is 2. The number of aryl methyl sites for hydroxylation is 1. The van der Waals surface area contributed by atoms with Crippen LogP contribution in [-0.2, 0) is 4.79 Å². The summed E-state index contributed by atoms with van der Waals surface area (Å²) in [5.74, 6) is 0.381. The number of aliphatic imine (C=N–C) groups is 1. The third-order valence-electron chi connectivity index (χ3n) is 2.05. The van der Waals surface area contributed by atoms with E-state index < -0.39 is 0 Å². The van der Waals surface area contributed by atoms with Crippen molar-refractivity contribution in [2.24, 2.45) is 4.99 Å². The van der Waals surface area contributed by atoms with Crippen LogP contribution in [0, 0.1) is 6.92 Å². The van der Waals surface area contributed by atoms with Gasteiger partial charge in [0, 0.05) is 0 Å². The molecule has 0 heterocycles. The molecule has 0 unspecified atom stereocenters. The molecule has 68 valence electrons. The maximum atomic E-state index is 10.2. The van der Waals surface area contributed by atoms with Crippen LogP contribution in [0.5, 0.6) is 0 Å². The molecule has 0 spiro atoms. The van der Waals surface area contributed by atoms with Gasteiger partial charge in [0.1, 0.15) is 0 Å². The predicted octanol–water partition coefficient (Wildman–Crippen LogP) is 3.09. The average molecular weight is 175 g/mol. The largest absolute Gasteiger partial charge is 0.240 e. The molecule has 0 radical (unpaired) electrons. The zero-order valence-corrected chi connectivity index (χ0v) is 8.16. The molecule has 0 saturated carbocycles. The quantitative estimate of drug-likeness (QED) is 0.501. The van der Waals surface area contributed by atoms with Gasteiger partial charge in [0.25, 0.3) is 0 Å². The summed E-state index contributed by atoms with van der Waals surface area (Å²) in [5, 5.41) is 0. The van der Waals surface area contributed by atoms with E-state index in [0.717, 1.165) is 16.8 Å². The third-order valence-corrected chi connectivity index (χ3v) is 2.05. The number of rotatable bonds is 2. The number of nitrogens with zero attached hydrogens (tertiary/aromatic N) is 1. The fraction of sp³-hybridized carbons (Fsp3) is 0.364. The fourth-order valence-electron chi connectivity index (χ4n) is 1.35. The molecule has 0 aliphatic heterocycles. The Morgan fingerprint density at radius 3 is 2.62 bits per heavy atom. The lowest BCUT2D eigenvalue weighted by atomic mass is 9.99.